The molecule has 9 heteroatoms. The largest absolute Gasteiger partial charge is 0.381 e. The van der Waals surface area contributed by atoms with E-state index in [1.54, 1.807) is 18.2 Å². The number of rotatable bonds is 17. The van der Waals surface area contributed by atoms with Crippen molar-refractivity contribution >= 4 is 18.0 Å². The van der Waals surface area contributed by atoms with Crippen LogP contribution in [0.1, 0.15) is 76.1 Å². The molecule has 2 aromatic rings. The lowest BCUT2D eigenvalue weighted by Crippen LogP contribution is -2.48. The van der Waals surface area contributed by atoms with Gasteiger partial charge in [0, 0.05) is 44.5 Å². The Morgan fingerprint density at radius 1 is 1.17 bits per heavy atom. The average Bonchev–Trinajstić information content (AvgIpc) is 2.97. The van der Waals surface area contributed by atoms with Gasteiger partial charge in [0.15, 0.2) is 0 Å². The fourth-order valence-corrected chi connectivity index (χ4v) is 4.79. The number of carbonyl (C=O) groups is 2. The summed E-state index contributed by atoms with van der Waals surface area (Å²) in [6.07, 6.45) is 4.07. The first-order valence-corrected chi connectivity index (χ1v) is 14.8. The van der Waals surface area contributed by atoms with Gasteiger partial charge in [-0.25, -0.2) is 9.29 Å². The van der Waals surface area contributed by atoms with E-state index in [2.05, 4.69) is 17.2 Å². The molecule has 42 heavy (non-hydrogen) atoms. The van der Waals surface area contributed by atoms with Crippen LogP contribution in [0.4, 0.5) is 10.1 Å². The Hall–Kier alpha value is -3.27. The summed E-state index contributed by atoms with van der Waals surface area (Å²) >= 11 is 0. The standard InChI is InChI=1S/C31H45FN4O4.C2H6/c1-7-9-16-28(30(38)33-6)35(21-37)20-25-23(5)12-10-15-27(25)34-18-24-13-11-14-26(29(24)32)31(39,40)36(17-8-2)19-22(3)4;1-2/h7,10-15,21-22,28,34,39-40H,1,8-9,16-20H2,2-6H3,(H,33,38);1-2H3. The number of aliphatic hydroxyl groups is 2. The highest BCUT2D eigenvalue weighted by molar-refractivity contribution is 5.83. The topological polar surface area (TPSA) is 105 Å². The summed E-state index contributed by atoms with van der Waals surface area (Å²) in [7, 11) is 1.54. The molecular weight excluding hydrogens is 535 g/mol. The monoisotopic (exact) mass is 586 g/mol. The predicted molar refractivity (Wildman–Crippen MR) is 168 cm³/mol. The van der Waals surface area contributed by atoms with Crippen LogP contribution in [-0.4, -0.2) is 58.5 Å². The van der Waals surface area contributed by atoms with Crippen LogP contribution in [0.25, 0.3) is 0 Å². The number of allylic oxidation sites excluding steroid dienone is 1. The molecule has 0 aliphatic heterocycles. The quantitative estimate of drug-likeness (QED) is 0.114. The summed E-state index contributed by atoms with van der Waals surface area (Å²) in [6.45, 7) is 16.5. The van der Waals surface area contributed by atoms with Gasteiger partial charge in [0.25, 0.3) is 5.91 Å². The lowest BCUT2D eigenvalue weighted by Gasteiger charge is -2.36. The molecule has 0 saturated heterocycles. The van der Waals surface area contributed by atoms with Gasteiger partial charge in [-0.05, 0) is 55.4 Å². The van der Waals surface area contributed by atoms with Crippen molar-refractivity contribution < 1.29 is 24.2 Å². The molecule has 0 saturated carbocycles. The predicted octanol–water partition coefficient (Wildman–Crippen LogP) is 5.27. The zero-order chi connectivity index (χ0) is 31.9. The summed E-state index contributed by atoms with van der Waals surface area (Å²) < 4.78 is 15.7. The molecule has 0 heterocycles. The van der Waals surface area contributed by atoms with Crippen molar-refractivity contribution in [3.05, 3.63) is 77.1 Å². The summed E-state index contributed by atoms with van der Waals surface area (Å²) in [6, 6.07) is 9.53. The Balaban J connectivity index is 0.00000431. The molecule has 0 aliphatic carbocycles. The Bertz CT molecular complexity index is 1140. The third kappa shape index (κ3) is 9.93. The molecule has 4 N–H and O–H groups in total. The van der Waals surface area contributed by atoms with E-state index in [1.807, 2.05) is 59.7 Å². The van der Waals surface area contributed by atoms with E-state index in [1.165, 1.54) is 22.9 Å². The second-order valence-corrected chi connectivity index (χ2v) is 10.5. The molecule has 8 nitrogen and oxygen atoms in total. The number of hydrogen-bond acceptors (Lipinski definition) is 6. The number of aryl methyl sites for hydroxylation is 1. The molecule has 0 radical (unpaired) electrons. The minimum atomic E-state index is -2.46. The Kier molecular flexibility index (Phi) is 16.0. The van der Waals surface area contributed by atoms with Crippen molar-refractivity contribution in [2.75, 3.05) is 25.5 Å². The molecule has 2 rings (SSSR count). The average molecular weight is 587 g/mol. The van der Waals surface area contributed by atoms with Crippen molar-refractivity contribution in [2.45, 2.75) is 85.8 Å². The van der Waals surface area contributed by atoms with Crippen LogP contribution in [0, 0.1) is 18.7 Å². The molecule has 0 aromatic heterocycles. The number of benzene rings is 2. The highest BCUT2D eigenvalue weighted by Gasteiger charge is 2.37. The van der Waals surface area contributed by atoms with Gasteiger partial charge in [0.05, 0.1) is 5.56 Å². The lowest BCUT2D eigenvalue weighted by atomic mass is 10.0. The second kappa shape index (κ2) is 18.3. The van der Waals surface area contributed by atoms with E-state index < -0.39 is 17.8 Å². The van der Waals surface area contributed by atoms with E-state index in [9.17, 15) is 19.8 Å². The van der Waals surface area contributed by atoms with Gasteiger partial charge >= 0.3 is 0 Å². The molecule has 0 spiro atoms. The highest BCUT2D eigenvalue weighted by Crippen LogP contribution is 2.29. The molecule has 2 aromatic carbocycles. The molecule has 0 fully saturated rings. The number of likely N-dealkylation sites (N-methyl/N-ethyl adjacent to an activating group) is 1. The second-order valence-electron chi connectivity index (χ2n) is 10.5. The Morgan fingerprint density at radius 3 is 2.40 bits per heavy atom. The molecule has 0 bridgehead atoms. The summed E-state index contributed by atoms with van der Waals surface area (Å²) in [4.78, 5) is 27.6. The number of nitrogens with zero attached hydrogens (tertiary/aromatic N) is 2. The van der Waals surface area contributed by atoms with Crippen molar-refractivity contribution in [1.29, 1.82) is 0 Å². The van der Waals surface area contributed by atoms with Gasteiger partial charge in [-0.3, -0.25) is 9.59 Å². The molecule has 234 valence electrons. The number of nitrogens with one attached hydrogen (secondary N) is 2. The summed E-state index contributed by atoms with van der Waals surface area (Å²) in [5.41, 5.74) is 2.44. The number of hydrogen-bond donors (Lipinski definition) is 4. The highest BCUT2D eigenvalue weighted by atomic mass is 19.1. The van der Waals surface area contributed by atoms with Gasteiger partial charge in [-0.2, -0.15) is 0 Å². The zero-order valence-corrected chi connectivity index (χ0v) is 26.4. The third-order valence-electron chi connectivity index (χ3n) is 6.91. The first kappa shape index (κ1) is 36.8. The maximum absolute atomic E-state index is 15.7. The van der Waals surface area contributed by atoms with E-state index in [0.717, 1.165) is 11.1 Å². The summed E-state index contributed by atoms with van der Waals surface area (Å²) in [5.74, 6) is -3.26. The maximum Gasteiger partial charge on any atom is 0.256 e. The van der Waals surface area contributed by atoms with Crippen LogP contribution in [0.15, 0.2) is 49.1 Å². The molecule has 2 amide bonds. The normalized spacial score (nSPS) is 11.9. The molecule has 0 aliphatic rings. The first-order valence-electron chi connectivity index (χ1n) is 14.8. The minimum absolute atomic E-state index is 0.0700. The molecule has 1 atom stereocenters. The van der Waals surface area contributed by atoms with Crippen LogP contribution in [0.3, 0.4) is 0 Å². The lowest BCUT2D eigenvalue weighted by molar-refractivity contribution is -0.279. The van der Waals surface area contributed by atoms with Crippen LogP contribution in [0.5, 0.6) is 0 Å². The van der Waals surface area contributed by atoms with Crippen LogP contribution >= 0.6 is 0 Å². The SMILES string of the molecule is C=CCCC(C(=O)NC)N(C=O)Cc1c(C)cccc1NCc1cccc(C(O)(O)N(CCC)CC(C)C)c1F.CC. The number of carbonyl (C=O) groups excluding carboxylic acids is 2. The molecule has 1 unspecified atom stereocenters. The first-order chi connectivity index (χ1) is 20.0. The smallest absolute Gasteiger partial charge is 0.256 e. The maximum atomic E-state index is 15.7. The van der Waals surface area contributed by atoms with Crippen LogP contribution in [-0.2, 0) is 28.6 Å². The Morgan fingerprint density at radius 2 is 1.83 bits per heavy atom. The third-order valence-corrected chi connectivity index (χ3v) is 6.91. The van der Waals surface area contributed by atoms with Crippen molar-refractivity contribution in [3.8, 4) is 0 Å². The fraction of sp³-hybridized carbons (Fsp3) is 0.515. The van der Waals surface area contributed by atoms with Crippen LogP contribution < -0.4 is 10.6 Å². The zero-order valence-electron chi connectivity index (χ0n) is 26.4. The fourth-order valence-electron chi connectivity index (χ4n) is 4.79. The van der Waals surface area contributed by atoms with Gasteiger partial charge < -0.3 is 25.7 Å². The molecular formula is C33H51FN4O4. The van der Waals surface area contributed by atoms with Gasteiger partial charge in [-0.1, -0.05) is 65.0 Å². The summed E-state index contributed by atoms with van der Waals surface area (Å²) in [5, 5.41) is 28.0. The van der Waals surface area contributed by atoms with E-state index in [4.69, 9.17) is 0 Å². The number of halogens is 1. The van der Waals surface area contributed by atoms with Crippen molar-refractivity contribution in [2.24, 2.45) is 5.92 Å². The van der Waals surface area contributed by atoms with E-state index in [-0.39, 0.29) is 36.0 Å². The van der Waals surface area contributed by atoms with E-state index >= 15 is 4.39 Å². The Labute approximate surface area is 251 Å². The van der Waals surface area contributed by atoms with Crippen molar-refractivity contribution in [1.82, 2.24) is 15.1 Å². The van der Waals surface area contributed by atoms with Gasteiger partial charge in [-0.15, -0.1) is 6.58 Å². The minimum Gasteiger partial charge on any atom is -0.381 e. The van der Waals surface area contributed by atoms with Crippen molar-refractivity contribution in [3.63, 3.8) is 0 Å². The van der Waals surface area contributed by atoms with Gasteiger partial charge in [0.1, 0.15) is 11.9 Å². The number of amides is 2. The van der Waals surface area contributed by atoms with E-state index in [0.29, 0.717) is 44.4 Å². The number of anilines is 1. The van der Waals surface area contributed by atoms with Gasteiger partial charge in [0.2, 0.25) is 12.3 Å². The van der Waals surface area contributed by atoms with Crippen LogP contribution in [0.2, 0.25) is 0 Å².